The van der Waals surface area contributed by atoms with E-state index in [4.69, 9.17) is 0 Å². The minimum absolute atomic E-state index is 0.118. The summed E-state index contributed by atoms with van der Waals surface area (Å²) in [5, 5.41) is 11.8. The van der Waals surface area contributed by atoms with Gasteiger partial charge < -0.3 is 16.0 Å². The third-order valence-corrected chi connectivity index (χ3v) is 5.78. The molecule has 3 amide bonds. The van der Waals surface area contributed by atoms with Crippen LogP contribution in [0.1, 0.15) is 29.5 Å². The first kappa shape index (κ1) is 22.8. The van der Waals surface area contributed by atoms with E-state index in [1.807, 2.05) is 62.4 Å². The van der Waals surface area contributed by atoms with Crippen LogP contribution in [0.25, 0.3) is 0 Å². The Balaban J connectivity index is 1.43. The van der Waals surface area contributed by atoms with Crippen molar-refractivity contribution < 1.29 is 14.4 Å². The van der Waals surface area contributed by atoms with Crippen LogP contribution in [0.5, 0.6) is 0 Å². The summed E-state index contributed by atoms with van der Waals surface area (Å²) in [6, 6.07) is 15.3. The van der Waals surface area contributed by atoms with Crippen LogP contribution in [0.3, 0.4) is 0 Å². The molecule has 7 nitrogen and oxygen atoms in total. The fraction of sp³-hybridized carbons (Fsp3) is 0.348. The number of aryl methyl sites for hydroxylation is 2. The molecular formula is C23H28N4O3S. The van der Waals surface area contributed by atoms with Gasteiger partial charge in [-0.2, -0.15) is 0 Å². The third-order valence-electron chi connectivity index (χ3n) is 4.76. The average molecular weight is 441 g/mol. The van der Waals surface area contributed by atoms with E-state index < -0.39 is 5.50 Å². The predicted molar refractivity (Wildman–Crippen MR) is 123 cm³/mol. The van der Waals surface area contributed by atoms with Crippen molar-refractivity contribution in [2.24, 2.45) is 0 Å². The van der Waals surface area contributed by atoms with Gasteiger partial charge in [0.2, 0.25) is 17.7 Å². The zero-order valence-corrected chi connectivity index (χ0v) is 18.6. The Morgan fingerprint density at radius 3 is 2.48 bits per heavy atom. The number of anilines is 1. The molecule has 1 fully saturated rings. The van der Waals surface area contributed by atoms with Crippen LogP contribution in [0.4, 0.5) is 5.69 Å². The Morgan fingerprint density at radius 2 is 1.77 bits per heavy atom. The van der Waals surface area contributed by atoms with E-state index in [-0.39, 0.29) is 42.4 Å². The van der Waals surface area contributed by atoms with E-state index in [0.717, 1.165) is 22.4 Å². The summed E-state index contributed by atoms with van der Waals surface area (Å²) in [4.78, 5) is 36.6. The fourth-order valence-corrected chi connectivity index (χ4v) is 4.35. The van der Waals surface area contributed by atoms with E-state index in [9.17, 15) is 14.4 Å². The molecule has 0 spiro atoms. The molecule has 164 valence electrons. The number of carbonyl (C=O) groups is 3. The highest BCUT2D eigenvalue weighted by molar-refractivity contribution is 8.00. The highest BCUT2D eigenvalue weighted by atomic mass is 32.2. The maximum atomic E-state index is 12.3. The molecule has 8 heteroatoms. The molecule has 2 unspecified atom stereocenters. The third kappa shape index (κ3) is 7.73. The first-order valence-electron chi connectivity index (χ1n) is 10.2. The molecule has 0 aromatic heterocycles. The van der Waals surface area contributed by atoms with Crippen molar-refractivity contribution in [2.75, 3.05) is 11.1 Å². The largest absolute Gasteiger partial charge is 0.352 e. The molecule has 0 saturated carbocycles. The van der Waals surface area contributed by atoms with Gasteiger partial charge in [-0.25, -0.2) is 0 Å². The SMILES string of the molecule is Cc1cc(C)cc(NC(=O)CSC2NC(=O)CC(CC(=O)NCc3ccccc3)N2)c1. The van der Waals surface area contributed by atoms with Gasteiger partial charge in [-0.1, -0.05) is 36.4 Å². The van der Waals surface area contributed by atoms with Crippen molar-refractivity contribution >= 4 is 35.2 Å². The summed E-state index contributed by atoms with van der Waals surface area (Å²) in [5.41, 5.74) is 3.53. The standard InChI is InChI=1S/C23H28N4O3S/c1-15-8-16(2)10-18(9-15)25-22(30)14-31-23-26-19(12-21(29)27-23)11-20(28)24-13-17-6-4-3-5-7-17/h3-10,19,23,26H,11-14H2,1-2H3,(H,24,28)(H,25,30)(H,27,29). The number of carbonyl (C=O) groups excluding carboxylic acids is 3. The van der Waals surface area contributed by atoms with Gasteiger partial charge >= 0.3 is 0 Å². The van der Waals surface area contributed by atoms with E-state index in [2.05, 4.69) is 21.3 Å². The van der Waals surface area contributed by atoms with Crippen molar-refractivity contribution in [3.05, 3.63) is 65.2 Å². The van der Waals surface area contributed by atoms with Crippen LogP contribution in [-0.4, -0.2) is 35.0 Å². The van der Waals surface area contributed by atoms with Crippen molar-refractivity contribution in [3.8, 4) is 0 Å². The normalized spacial score (nSPS) is 18.2. The van der Waals surface area contributed by atoms with Crippen LogP contribution in [-0.2, 0) is 20.9 Å². The Hall–Kier alpha value is -2.84. The van der Waals surface area contributed by atoms with Crippen LogP contribution in [0, 0.1) is 13.8 Å². The highest BCUT2D eigenvalue weighted by Crippen LogP contribution is 2.17. The number of hydrogen-bond acceptors (Lipinski definition) is 5. The predicted octanol–water partition coefficient (Wildman–Crippen LogP) is 2.44. The molecule has 1 aliphatic rings. The molecule has 3 rings (SSSR count). The molecule has 4 N–H and O–H groups in total. The second kappa shape index (κ2) is 11.0. The van der Waals surface area contributed by atoms with Gasteiger partial charge in [0.15, 0.2) is 0 Å². The Labute approximate surface area is 186 Å². The van der Waals surface area contributed by atoms with Crippen LogP contribution < -0.4 is 21.3 Å². The molecule has 0 radical (unpaired) electrons. The minimum Gasteiger partial charge on any atom is -0.352 e. The monoisotopic (exact) mass is 440 g/mol. The Morgan fingerprint density at radius 1 is 1.06 bits per heavy atom. The number of nitrogens with one attached hydrogen (secondary N) is 4. The van der Waals surface area contributed by atoms with Crippen molar-refractivity contribution in [3.63, 3.8) is 0 Å². The van der Waals surface area contributed by atoms with Gasteiger partial charge in [0, 0.05) is 31.1 Å². The molecule has 2 aromatic carbocycles. The zero-order chi connectivity index (χ0) is 22.2. The molecule has 1 saturated heterocycles. The van der Waals surface area contributed by atoms with Gasteiger partial charge in [-0.3, -0.25) is 19.7 Å². The summed E-state index contributed by atoms with van der Waals surface area (Å²) in [7, 11) is 0. The summed E-state index contributed by atoms with van der Waals surface area (Å²) >= 11 is 1.29. The van der Waals surface area contributed by atoms with Gasteiger partial charge in [-0.15, -0.1) is 11.8 Å². The maximum absolute atomic E-state index is 12.3. The van der Waals surface area contributed by atoms with Crippen molar-refractivity contribution in [1.82, 2.24) is 16.0 Å². The Bertz CT molecular complexity index is 915. The molecule has 0 aliphatic carbocycles. The lowest BCUT2D eigenvalue weighted by atomic mass is 10.1. The molecule has 1 aliphatic heterocycles. The lowest BCUT2D eigenvalue weighted by molar-refractivity contribution is -0.125. The second-order valence-electron chi connectivity index (χ2n) is 7.72. The van der Waals surface area contributed by atoms with Crippen molar-refractivity contribution in [1.29, 1.82) is 0 Å². The molecule has 0 bridgehead atoms. The minimum atomic E-state index is -0.418. The number of thioether (sulfide) groups is 1. The quantitative estimate of drug-likeness (QED) is 0.505. The molecular weight excluding hydrogens is 412 g/mol. The Kier molecular flexibility index (Phi) is 8.08. The molecule has 31 heavy (non-hydrogen) atoms. The fourth-order valence-electron chi connectivity index (χ4n) is 3.46. The first-order valence-corrected chi connectivity index (χ1v) is 11.3. The highest BCUT2D eigenvalue weighted by Gasteiger charge is 2.28. The second-order valence-corrected chi connectivity index (χ2v) is 8.81. The first-order chi connectivity index (χ1) is 14.9. The van der Waals surface area contributed by atoms with Gasteiger partial charge in [0.1, 0.15) is 5.50 Å². The lowest BCUT2D eigenvalue weighted by Gasteiger charge is -2.30. The maximum Gasteiger partial charge on any atom is 0.234 e. The number of rotatable bonds is 8. The van der Waals surface area contributed by atoms with E-state index >= 15 is 0 Å². The summed E-state index contributed by atoms with van der Waals surface area (Å²) < 4.78 is 0. The average Bonchev–Trinajstić information content (AvgIpc) is 2.70. The lowest BCUT2D eigenvalue weighted by Crippen LogP contribution is -2.56. The number of amides is 3. The van der Waals surface area contributed by atoms with Crippen LogP contribution in [0.15, 0.2) is 48.5 Å². The number of benzene rings is 2. The van der Waals surface area contributed by atoms with Gasteiger partial charge in [0.25, 0.3) is 0 Å². The van der Waals surface area contributed by atoms with E-state index in [0.29, 0.717) is 6.54 Å². The van der Waals surface area contributed by atoms with Gasteiger partial charge in [-0.05, 0) is 42.7 Å². The van der Waals surface area contributed by atoms with Crippen LogP contribution in [0.2, 0.25) is 0 Å². The summed E-state index contributed by atoms with van der Waals surface area (Å²) in [6.07, 6.45) is 0.427. The van der Waals surface area contributed by atoms with Gasteiger partial charge in [0.05, 0.1) is 5.75 Å². The number of hydrogen-bond donors (Lipinski definition) is 4. The summed E-state index contributed by atoms with van der Waals surface area (Å²) in [6.45, 7) is 4.42. The van der Waals surface area contributed by atoms with Crippen LogP contribution >= 0.6 is 11.8 Å². The smallest absolute Gasteiger partial charge is 0.234 e. The van der Waals surface area contributed by atoms with E-state index in [1.165, 1.54) is 11.8 Å². The topological polar surface area (TPSA) is 99.3 Å². The summed E-state index contributed by atoms with van der Waals surface area (Å²) in [5.74, 6) is -0.217. The van der Waals surface area contributed by atoms with Crippen molar-refractivity contribution in [2.45, 2.75) is 44.8 Å². The molecule has 1 heterocycles. The molecule has 2 atom stereocenters. The molecule has 2 aromatic rings. The zero-order valence-electron chi connectivity index (χ0n) is 17.7. The van der Waals surface area contributed by atoms with E-state index in [1.54, 1.807) is 0 Å².